The maximum Gasteiger partial charge on any atom is 0.410 e. The number of hydrogen-bond acceptors (Lipinski definition) is 4. The first-order valence-corrected chi connectivity index (χ1v) is 9.32. The van der Waals surface area contributed by atoms with Gasteiger partial charge in [0.05, 0.1) is 12.2 Å². The number of ether oxygens (including phenoxy) is 2. The first-order chi connectivity index (χ1) is 12.6. The molecule has 1 N–H and O–H groups in total. The van der Waals surface area contributed by atoms with Gasteiger partial charge in [-0.15, -0.1) is 12.4 Å². The van der Waals surface area contributed by atoms with E-state index in [9.17, 15) is 13.6 Å². The lowest BCUT2D eigenvalue weighted by Crippen LogP contribution is -2.53. The van der Waals surface area contributed by atoms with Gasteiger partial charge in [0.2, 0.25) is 0 Å². The minimum absolute atomic E-state index is 0. The Bertz CT molecular complexity index is 605. The highest BCUT2D eigenvalue weighted by Crippen LogP contribution is 2.24. The van der Waals surface area contributed by atoms with Gasteiger partial charge in [-0.3, -0.25) is 0 Å². The zero-order valence-electron chi connectivity index (χ0n) is 15.9. The van der Waals surface area contributed by atoms with Crippen LogP contribution in [0.1, 0.15) is 45.1 Å². The molecule has 0 aliphatic carbocycles. The number of rotatable bonds is 8. The Hall–Kier alpha value is -1.60. The minimum atomic E-state index is -0.804. The second-order valence-corrected chi connectivity index (χ2v) is 6.41. The van der Waals surface area contributed by atoms with Crippen LogP contribution in [-0.2, 0) is 11.3 Å². The van der Waals surface area contributed by atoms with Crippen LogP contribution < -0.4 is 10.1 Å². The van der Waals surface area contributed by atoms with Gasteiger partial charge in [-0.25, -0.2) is 13.6 Å². The quantitative estimate of drug-likeness (QED) is 0.655. The van der Waals surface area contributed by atoms with Crippen LogP contribution in [0.4, 0.5) is 13.6 Å². The zero-order valence-corrected chi connectivity index (χ0v) is 16.7. The molecule has 1 atom stereocenters. The molecule has 1 aromatic rings. The van der Waals surface area contributed by atoms with E-state index >= 15 is 0 Å². The SMILES string of the molecule is CCCCCOc1ccc(F)c(COC(=O)N2CCNC[C@H]2CC)c1F.Cl. The predicted molar refractivity (Wildman–Crippen MR) is 102 cm³/mol. The summed E-state index contributed by atoms with van der Waals surface area (Å²) >= 11 is 0. The molecule has 0 unspecified atom stereocenters. The van der Waals surface area contributed by atoms with E-state index in [4.69, 9.17) is 9.47 Å². The van der Waals surface area contributed by atoms with E-state index in [1.807, 2.05) is 6.92 Å². The van der Waals surface area contributed by atoms with Gasteiger partial charge < -0.3 is 19.7 Å². The van der Waals surface area contributed by atoms with Crippen molar-refractivity contribution in [3.8, 4) is 5.75 Å². The van der Waals surface area contributed by atoms with Crippen LogP contribution in [0.5, 0.6) is 5.75 Å². The molecular weight excluding hydrogens is 378 g/mol. The predicted octanol–water partition coefficient (Wildman–Crippen LogP) is 4.28. The lowest BCUT2D eigenvalue weighted by molar-refractivity contribution is 0.0697. The van der Waals surface area contributed by atoms with Crippen molar-refractivity contribution in [1.82, 2.24) is 10.2 Å². The lowest BCUT2D eigenvalue weighted by atomic mass is 10.1. The second kappa shape index (κ2) is 12.0. The normalized spacial score (nSPS) is 16.6. The van der Waals surface area contributed by atoms with Gasteiger partial charge >= 0.3 is 6.09 Å². The molecule has 0 aromatic heterocycles. The van der Waals surface area contributed by atoms with Crippen molar-refractivity contribution < 1.29 is 23.0 Å². The summed E-state index contributed by atoms with van der Waals surface area (Å²) in [5.41, 5.74) is -0.283. The van der Waals surface area contributed by atoms with E-state index in [1.54, 1.807) is 4.90 Å². The first-order valence-electron chi connectivity index (χ1n) is 9.32. The minimum Gasteiger partial charge on any atom is -0.491 e. The Labute approximate surface area is 165 Å². The Morgan fingerprint density at radius 2 is 2.07 bits per heavy atom. The van der Waals surface area contributed by atoms with Gasteiger partial charge in [0.25, 0.3) is 0 Å². The summed E-state index contributed by atoms with van der Waals surface area (Å²) in [6, 6.07) is 2.44. The second-order valence-electron chi connectivity index (χ2n) is 6.41. The molecule has 1 heterocycles. The Kier molecular flexibility index (Phi) is 10.4. The molecule has 154 valence electrons. The molecule has 2 rings (SSSR count). The number of carbonyl (C=O) groups is 1. The summed E-state index contributed by atoms with van der Waals surface area (Å²) in [5.74, 6) is -1.56. The monoisotopic (exact) mass is 406 g/mol. The van der Waals surface area contributed by atoms with E-state index in [1.165, 1.54) is 6.07 Å². The fourth-order valence-corrected chi connectivity index (χ4v) is 2.94. The Morgan fingerprint density at radius 1 is 1.30 bits per heavy atom. The van der Waals surface area contributed by atoms with Crippen molar-refractivity contribution in [3.63, 3.8) is 0 Å². The number of amides is 1. The third-order valence-corrected chi connectivity index (χ3v) is 4.55. The summed E-state index contributed by atoms with van der Waals surface area (Å²) in [6.07, 6.45) is 3.05. The molecule has 8 heteroatoms. The Morgan fingerprint density at radius 3 is 2.78 bits per heavy atom. The maximum absolute atomic E-state index is 14.5. The molecule has 1 aromatic carbocycles. The van der Waals surface area contributed by atoms with Gasteiger partial charge in [0, 0.05) is 25.7 Å². The van der Waals surface area contributed by atoms with E-state index in [0.29, 0.717) is 26.2 Å². The van der Waals surface area contributed by atoms with Crippen LogP contribution in [0.25, 0.3) is 0 Å². The van der Waals surface area contributed by atoms with Crippen molar-refractivity contribution in [2.45, 2.75) is 52.2 Å². The van der Waals surface area contributed by atoms with Gasteiger partial charge in [0.1, 0.15) is 12.4 Å². The summed E-state index contributed by atoms with van der Waals surface area (Å²) in [4.78, 5) is 13.9. The van der Waals surface area contributed by atoms with Gasteiger partial charge in [-0.05, 0) is 25.0 Å². The topological polar surface area (TPSA) is 50.8 Å². The van der Waals surface area contributed by atoms with Crippen LogP contribution in [0.3, 0.4) is 0 Å². The van der Waals surface area contributed by atoms with Crippen LogP contribution in [0.2, 0.25) is 0 Å². The number of piperazine rings is 1. The average Bonchev–Trinajstić information content (AvgIpc) is 2.66. The largest absolute Gasteiger partial charge is 0.491 e. The molecule has 1 aliphatic heterocycles. The van der Waals surface area contributed by atoms with Gasteiger partial charge in [0.15, 0.2) is 11.6 Å². The fraction of sp³-hybridized carbons (Fsp3) is 0.632. The molecule has 1 fully saturated rings. The molecule has 27 heavy (non-hydrogen) atoms. The smallest absolute Gasteiger partial charge is 0.410 e. The number of hydrogen-bond donors (Lipinski definition) is 1. The van der Waals surface area contributed by atoms with Crippen LogP contribution in [0, 0.1) is 11.6 Å². The lowest BCUT2D eigenvalue weighted by Gasteiger charge is -2.34. The van der Waals surface area contributed by atoms with Crippen LogP contribution in [0.15, 0.2) is 12.1 Å². The maximum atomic E-state index is 14.5. The molecular formula is C19H29ClF2N2O3. The van der Waals surface area contributed by atoms with E-state index in [2.05, 4.69) is 12.2 Å². The van der Waals surface area contributed by atoms with Crippen molar-refractivity contribution in [2.75, 3.05) is 26.2 Å². The summed E-state index contributed by atoms with van der Waals surface area (Å²) in [5, 5.41) is 3.21. The van der Waals surface area contributed by atoms with Crippen LogP contribution >= 0.6 is 12.4 Å². The van der Waals surface area contributed by atoms with Crippen molar-refractivity contribution in [2.24, 2.45) is 0 Å². The summed E-state index contributed by atoms with van der Waals surface area (Å²) in [6.45, 7) is 5.84. The van der Waals surface area contributed by atoms with E-state index in [-0.39, 0.29) is 29.8 Å². The van der Waals surface area contributed by atoms with E-state index in [0.717, 1.165) is 31.7 Å². The fourth-order valence-electron chi connectivity index (χ4n) is 2.94. The highest BCUT2D eigenvalue weighted by Gasteiger charge is 2.27. The molecule has 0 bridgehead atoms. The van der Waals surface area contributed by atoms with E-state index < -0.39 is 24.3 Å². The molecule has 0 saturated carbocycles. The van der Waals surface area contributed by atoms with Gasteiger partial charge in [-0.1, -0.05) is 26.7 Å². The number of unbranched alkanes of at least 4 members (excludes halogenated alkanes) is 2. The molecule has 1 saturated heterocycles. The number of nitrogens with one attached hydrogen (secondary N) is 1. The molecule has 1 aliphatic rings. The highest BCUT2D eigenvalue weighted by atomic mass is 35.5. The van der Waals surface area contributed by atoms with Crippen LogP contribution in [-0.4, -0.2) is 43.3 Å². The third kappa shape index (κ3) is 6.50. The first kappa shape index (κ1) is 23.4. The summed E-state index contributed by atoms with van der Waals surface area (Å²) in [7, 11) is 0. The number of nitrogens with zero attached hydrogens (tertiary/aromatic N) is 1. The average molecular weight is 407 g/mol. The molecule has 5 nitrogen and oxygen atoms in total. The number of benzene rings is 1. The summed E-state index contributed by atoms with van der Waals surface area (Å²) < 4.78 is 39.1. The third-order valence-electron chi connectivity index (χ3n) is 4.55. The number of halogens is 3. The molecule has 0 spiro atoms. The highest BCUT2D eigenvalue weighted by molar-refractivity contribution is 5.85. The van der Waals surface area contributed by atoms with Crippen molar-refractivity contribution in [3.05, 3.63) is 29.3 Å². The van der Waals surface area contributed by atoms with Crippen molar-refractivity contribution >= 4 is 18.5 Å². The Balaban J connectivity index is 0.00000364. The standard InChI is InChI=1S/C19H28F2N2O3.ClH/c1-3-5-6-11-25-17-8-7-16(20)15(18(17)21)13-26-19(24)23-10-9-22-12-14(23)4-2;/h7-8,14,22H,3-6,9-13H2,1-2H3;1H/t14-;/m1./s1. The zero-order chi connectivity index (χ0) is 18.9. The van der Waals surface area contributed by atoms with Crippen molar-refractivity contribution in [1.29, 1.82) is 0 Å². The number of carbonyl (C=O) groups excluding carboxylic acids is 1. The molecule has 1 amide bonds. The van der Waals surface area contributed by atoms with Gasteiger partial charge in [-0.2, -0.15) is 0 Å². The molecule has 0 radical (unpaired) electrons.